The van der Waals surface area contributed by atoms with Gasteiger partial charge in [-0.05, 0) is 42.2 Å². The molecule has 5 nitrogen and oxygen atoms in total. The van der Waals surface area contributed by atoms with Crippen molar-refractivity contribution in [2.24, 2.45) is 5.41 Å². The maximum absolute atomic E-state index is 12.7. The molecule has 3 rings (SSSR count). The summed E-state index contributed by atoms with van der Waals surface area (Å²) in [6, 6.07) is 7.81. The molecule has 0 aliphatic heterocycles. The number of Topliss-reactive ketones (excluding diaryl/α,β-unsaturated/α-hetero) is 1. The van der Waals surface area contributed by atoms with Crippen molar-refractivity contribution >= 4 is 5.78 Å². The van der Waals surface area contributed by atoms with E-state index in [-0.39, 0.29) is 28.9 Å². The highest BCUT2D eigenvalue weighted by Crippen LogP contribution is 2.35. The van der Waals surface area contributed by atoms with Gasteiger partial charge in [-0.1, -0.05) is 13.8 Å². The van der Waals surface area contributed by atoms with Crippen LogP contribution >= 0.6 is 0 Å². The summed E-state index contributed by atoms with van der Waals surface area (Å²) < 4.78 is 42.1. The van der Waals surface area contributed by atoms with Crippen LogP contribution in [0.3, 0.4) is 0 Å². The van der Waals surface area contributed by atoms with Gasteiger partial charge in [0, 0.05) is 23.4 Å². The SMILES string of the molecule is CC1(C)CC(=O)c2cc(C#N)c(=O)n(-c3ccc(OC(F)(F)F)cc3)c2C1. The van der Waals surface area contributed by atoms with Crippen LogP contribution in [-0.2, 0) is 6.42 Å². The van der Waals surface area contributed by atoms with E-state index in [1.807, 2.05) is 13.8 Å². The summed E-state index contributed by atoms with van der Waals surface area (Å²) in [6.07, 6.45) is -4.13. The molecular formula is C19H15F3N2O3. The van der Waals surface area contributed by atoms with Gasteiger partial charge in [-0.3, -0.25) is 14.2 Å². The lowest BCUT2D eigenvalue weighted by atomic mass is 9.75. The van der Waals surface area contributed by atoms with Crippen LogP contribution in [0.4, 0.5) is 13.2 Å². The van der Waals surface area contributed by atoms with Crippen molar-refractivity contribution in [3.8, 4) is 17.5 Å². The molecule has 27 heavy (non-hydrogen) atoms. The highest BCUT2D eigenvalue weighted by atomic mass is 19.4. The van der Waals surface area contributed by atoms with Crippen molar-refractivity contribution in [3.63, 3.8) is 0 Å². The normalized spacial score (nSPS) is 15.8. The van der Waals surface area contributed by atoms with E-state index < -0.39 is 17.7 Å². The van der Waals surface area contributed by atoms with Gasteiger partial charge in [-0.15, -0.1) is 13.2 Å². The van der Waals surface area contributed by atoms with Crippen LogP contribution in [0.5, 0.6) is 5.75 Å². The Labute approximate surface area is 152 Å². The molecule has 0 atom stereocenters. The summed E-state index contributed by atoms with van der Waals surface area (Å²) in [5, 5.41) is 9.23. The molecule has 0 saturated heterocycles. The Kier molecular flexibility index (Phi) is 4.34. The van der Waals surface area contributed by atoms with E-state index in [9.17, 15) is 28.0 Å². The molecule has 0 N–H and O–H groups in total. The van der Waals surface area contributed by atoms with Crippen molar-refractivity contribution in [1.82, 2.24) is 4.57 Å². The Morgan fingerprint density at radius 3 is 2.33 bits per heavy atom. The lowest BCUT2D eigenvalue weighted by Gasteiger charge is -2.32. The summed E-state index contributed by atoms with van der Waals surface area (Å²) in [5.74, 6) is -0.607. The summed E-state index contributed by atoms with van der Waals surface area (Å²) in [5.41, 5.74) is -0.200. The first-order chi connectivity index (χ1) is 12.5. The smallest absolute Gasteiger partial charge is 0.406 e. The van der Waals surface area contributed by atoms with Gasteiger partial charge in [0.1, 0.15) is 17.4 Å². The minimum absolute atomic E-state index is 0.177. The minimum Gasteiger partial charge on any atom is -0.406 e. The number of carbonyl (C=O) groups is 1. The molecule has 0 unspecified atom stereocenters. The fourth-order valence-corrected chi connectivity index (χ4v) is 3.26. The average Bonchev–Trinajstić information content (AvgIpc) is 2.53. The number of pyridine rings is 1. The topological polar surface area (TPSA) is 72.1 Å². The van der Waals surface area contributed by atoms with E-state index in [1.54, 1.807) is 6.07 Å². The second-order valence-corrected chi connectivity index (χ2v) is 7.15. The lowest BCUT2D eigenvalue weighted by molar-refractivity contribution is -0.274. The zero-order valence-electron chi connectivity index (χ0n) is 14.6. The molecule has 0 saturated carbocycles. The van der Waals surface area contributed by atoms with Gasteiger partial charge in [0.25, 0.3) is 5.56 Å². The molecule has 140 valence electrons. The summed E-state index contributed by atoms with van der Waals surface area (Å²) in [7, 11) is 0. The minimum atomic E-state index is -4.82. The second kappa shape index (κ2) is 6.27. The first-order valence-electron chi connectivity index (χ1n) is 8.09. The third kappa shape index (κ3) is 3.72. The molecule has 1 aliphatic rings. The van der Waals surface area contributed by atoms with Gasteiger partial charge in [-0.2, -0.15) is 5.26 Å². The highest BCUT2D eigenvalue weighted by molar-refractivity contribution is 5.99. The van der Waals surface area contributed by atoms with Crippen molar-refractivity contribution in [2.45, 2.75) is 33.1 Å². The number of ether oxygens (including phenoxy) is 1. The number of fused-ring (bicyclic) bond motifs is 1. The number of carbonyl (C=O) groups excluding carboxylic acids is 1. The standard InChI is InChI=1S/C19H15F3N2O3/c1-18(2)8-15-14(16(25)9-18)7-11(10-23)17(26)24(15)12-3-5-13(6-4-12)27-19(20,21)22/h3-7H,8-9H2,1-2H3. The lowest BCUT2D eigenvalue weighted by Crippen LogP contribution is -2.35. The van der Waals surface area contributed by atoms with Crippen LogP contribution < -0.4 is 10.3 Å². The van der Waals surface area contributed by atoms with Crippen molar-refractivity contribution in [1.29, 1.82) is 5.26 Å². The molecular weight excluding hydrogens is 361 g/mol. The third-order valence-corrected chi connectivity index (χ3v) is 4.34. The van der Waals surface area contributed by atoms with E-state index in [1.165, 1.54) is 22.8 Å². The number of ketones is 1. The van der Waals surface area contributed by atoms with Crippen LogP contribution in [0.2, 0.25) is 0 Å². The number of hydrogen-bond acceptors (Lipinski definition) is 4. The molecule has 1 aliphatic carbocycles. The van der Waals surface area contributed by atoms with Gasteiger partial charge in [0.05, 0.1) is 0 Å². The number of rotatable bonds is 2. The molecule has 0 bridgehead atoms. The number of halogens is 3. The van der Waals surface area contributed by atoms with Crippen LogP contribution in [0.25, 0.3) is 5.69 Å². The Bertz CT molecular complexity index is 1010. The quantitative estimate of drug-likeness (QED) is 0.800. The third-order valence-electron chi connectivity index (χ3n) is 4.34. The van der Waals surface area contributed by atoms with Crippen molar-refractivity contribution in [3.05, 3.63) is 57.5 Å². The highest BCUT2D eigenvalue weighted by Gasteiger charge is 2.34. The maximum atomic E-state index is 12.7. The maximum Gasteiger partial charge on any atom is 0.573 e. The Morgan fingerprint density at radius 2 is 1.78 bits per heavy atom. The van der Waals surface area contributed by atoms with Crippen LogP contribution in [0, 0.1) is 16.7 Å². The van der Waals surface area contributed by atoms with E-state index in [0.29, 0.717) is 17.7 Å². The number of nitrogens with zero attached hydrogens (tertiary/aromatic N) is 2. The van der Waals surface area contributed by atoms with E-state index in [4.69, 9.17) is 0 Å². The van der Waals surface area contributed by atoms with Crippen molar-refractivity contribution in [2.75, 3.05) is 0 Å². The van der Waals surface area contributed by atoms with Gasteiger partial charge < -0.3 is 4.74 Å². The fraction of sp³-hybridized carbons (Fsp3) is 0.316. The summed E-state index contributed by atoms with van der Waals surface area (Å²) >= 11 is 0. The molecule has 1 aromatic carbocycles. The van der Waals surface area contributed by atoms with Crippen molar-refractivity contribution < 1.29 is 22.7 Å². The zero-order valence-corrected chi connectivity index (χ0v) is 14.6. The molecule has 8 heteroatoms. The number of aromatic nitrogens is 1. The molecule has 0 radical (unpaired) electrons. The molecule has 1 heterocycles. The average molecular weight is 376 g/mol. The first kappa shape index (κ1) is 18.7. The van der Waals surface area contributed by atoms with E-state index in [2.05, 4.69) is 4.74 Å². The Balaban J connectivity index is 2.18. The first-order valence-corrected chi connectivity index (χ1v) is 8.09. The van der Waals surface area contributed by atoms with Gasteiger partial charge >= 0.3 is 6.36 Å². The Hall–Kier alpha value is -3.08. The number of nitriles is 1. The van der Waals surface area contributed by atoms with Crippen LogP contribution in [0.1, 0.15) is 41.9 Å². The Morgan fingerprint density at radius 1 is 1.15 bits per heavy atom. The molecule has 0 spiro atoms. The largest absolute Gasteiger partial charge is 0.573 e. The fourth-order valence-electron chi connectivity index (χ4n) is 3.26. The molecule has 2 aromatic rings. The number of hydrogen-bond donors (Lipinski definition) is 0. The molecule has 1 aromatic heterocycles. The van der Waals surface area contributed by atoms with Gasteiger partial charge in [-0.25, -0.2) is 0 Å². The summed E-state index contributed by atoms with van der Waals surface area (Å²) in [4.78, 5) is 25.2. The number of alkyl halides is 3. The molecule has 0 amide bonds. The summed E-state index contributed by atoms with van der Waals surface area (Å²) in [6.45, 7) is 3.78. The predicted molar refractivity (Wildman–Crippen MR) is 89.9 cm³/mol. The van der Waals surface area contributed by atoms with Crippen LogP contribution in [-0.4, -0.2) is 16.7 Å². The van der Waals surface area contributed by atoms with E-state index >= 15 is 0 Å². The number of benzene rings is 1. The second-order valence-electron chi connectivity index (χ2n) is 7.15. The van der Waals surface area contributed by atoms with Crippen LogP contribution in [0.15, 0.2) is 35.1 Å². The van der Waals surface area contributed by atoms with E-state index in [0.717, 1.165) is 12.1 Å². The molecule has 0 fully saturated rings. The predicted octanol–water partition coefficient (Wildman–Crippen LogP) is 3.76. The van der Waals surface area contributed by atoms with Gasteiger partial charge in [0.2, 0.25) is 0 Å². The van der Waals surface area contributed by atoms with Gasteiger partial charge in [0.15, 0.2) is 5.78 Å². The monoisotopic (exact) mass is 376 g/mol. The zero-order chi connectivity index (χ0) is 20.0.